The zero-order valence-corrected chi connectivity index (χ0v) is 11.2. The Labute approximate surface area is 85.7 Å². The molecule has 0 unspecified atom stereocenters. The Kier molecular flexibility index (Phi) is 7.61. The molecule has 0 spiro atoms. The average Bonchev–Trinajstić information content (AvgIpc) is 2.18. The van der Waals surface area contributed by atoms with E-state index in [-0.39, 0.29) is 0 Å². The lowest BCUT2D eigenvalue weighted by molar-refractivity contribution is 0.377. The molecule has 0 radical (unpaired) electrons. The molecule has 0 aromatic rings. The van der Waals surface area contributed by atoms with E-state index in [4.69, 9.17) is 0 Å². The van der Waals surface area contributed by atoms with Crippen LogP contribution in [0.3, 0.4) is 0 Å². The van der Waals surface area contributed by atoms with Gasteiger partial charge in [-0.1, -0.05) is 34.6 Å². The van der Waals surface area contributed by atoms with E-state index in [1.165, 1.54) is 32.2 Å². The Morgan fingerprint density at radius 3 is 1.15 bits per heavy atom. The maximum absolute atomic E-state index is 2.67. The first-order valence-corrected chi connectivity index (χ1v) is 7.57. The highest BCUT2D eigenvalue weighted by Gasteiger charge is 2.20. The first kappa shape index (κ1) is 13.1. The largest absolute Gasteiger partial charge is 0.315 e. The van der Waals surface area contributed by atoms with E-state index < -0.39 is 9.12 Å². The predicted octanol–water partition coefficient (Wildman–Crippen LogP) is 1.91. The van der Waals surface area contributed by atoms with Crippen molar-refractivity contribution in [1.29, 1.82) is 0 Å². The number of hydrogen-bond acceptors (Lipinski definition) is 2. The van der Waals surface area contributed by atoms with Crippen LogP contribution in [0.4, 0.5) is 0 Å². The highest BCUT2D eigenvalue weighted by Crippen LogP contribution is 2.05. The SMILES string of the molecule is CCN(CC)[SiH](CC)N(CC)CC. The third kappa shape index (κ3) is 3.79. The van der Waals surface area contributed by atoms with Crippen LogP contribution >= 0.6 is 0 Å². The van der Waals surface area contributed by atoms with Gasteiger partial charge in [0.25, 0.3) is 0 Å². The molecule has 0 rings (SSSR count). The lowest BCUT2D eigenvalue weighted by Crippen LogP contribution is -2.52. The van der Waals surface area contributed by atoms with Gasteiger partial charge in [-0.2, -0.15) is 0 Å². The molecule has 0 aliphatic carbocycles. The monoisotopic (exact) mass is 202 g/mol. The van der Waals surface area contributed by atoms with Gasteiger partial charge in [0.15, 0.2) is 9.12 Å². The van der Waals surface area contributed by atoms with Gasteiger partial charge < -0.3 is 9.13 Å². The summed E-state index contributed by atoms with van der Waals surface area (Å²) in [5.41, 5.74) is 0. The van der Waals surface area contributed by atoms with Crippen molar-refractivity contribution in [2.75, 3.05) is 26.2 Å². The molecule has 0 aromatic carbocycles. The zero-order chi connectivity index (χ0) is 10.3. The van der Waals surface area contributed by atoms with Crippen molar-refractivity contribution in [3.63, 3.8) is 0 Å². The number of nitrogens with zero attached hydrogens (tertiary/aromatic N) is 2. The second kappa shape index (κ2) is 7.53. The smallest absolute Gasteiger partial charge is 0.189 e. The molecule has 0 aliphatic rings. The van der Waals surface area contributed by atoms with E-state index in [0.717, 1.165) is 0 Å². The van der Waals surface area contributed by atoms with Crippen LogP contribution in [-0.2, 0) is 0 Å². The second-order valence-corrected chi connectivity index (χ2v) is 6.57. The van der Waals surface area contributed by atoms with Crippen LogP contribution in [-0.4, -0.2) is 44.4 Å². The van der Waals surface area contributed by atoms with Crippen LogP contribution in [0.25, 0.3) is 0 Å². The summed E-state index contributed by atoms with van der Waals surface area (Å²) in [6, 6.07) is 1.36. The fourth-order valence-electron chi connectivity index (χ4n) is 2.04. The summed E-state index contributed by atoms with van der Waals surface area (Å²) in [4.78, 5) is 0. The Morgan fingerprint density at radius 1 is 0.692 bits per heavy atom. The summed E-state index contributed by atoms with van der Waals surface area (Å²) in [6.45, 7) is 16.3. The van der Waals surface area contributed by atoms with E-state index in [1.54, 1.807) is 0 Å². The molecular weight excluding hydrogens is 176 g/mol. The highest BCUT2D eigenvalue weighted by molar-refractivity contribution is 6.52. The predicted molar refractivity (Wildman–Crippen MR) is 63.5 cm³/mol. The van der Waals surface area contributed by atoms with E-state index in [0.29, 0.717) is 0 Å². The molecular formula is C10H26N2Si. The summed E-state index contributed by atoms with van der Waals surface area (Å²) in [5, 5.41) is 0. The molecule has 0 saturated heterocycles. The second-order valence-electron chi connectivity index (χ2n) is 3.33. The minimum Gasteiger partial charge on any atom is -0.315 e. The first-order valence-electron chi connectivity index (χ1n) is 5.73. The highest BCUT2D eigenvalue weighted by atomic mass is 28.3. The Bertz CT molecular complexity index is 99.5. The van der Waals surface area contributed by atoms with Gasteiger partial charge in [0, 0.05) is 0 Å². The van der Waals surface area contributed by atoms with Gasteiger partial charge >= 0.3 is 0 Å². The van der Waals surface area contributed by atoms with Crippen molar-refractivity contribution in [3.05, 3.63) is 0 Å². The lowest BCUT2D eigenvalue weighted by atomic mass is 10.7. The van der Waals surface area contributed by atoms with Crippen molar-refractivity contribution < 1.29 is 0 Å². The quantitative estimate of drug-likeness (QED) is 0.582. The molecule has 3 heteroatoms. The van der Waals surface area contributed by atoms with E-state index in [2.05, 4.69) is 43.7 Å². The van der Waals surface area contributed by atoms with E-state index in [1.807, 2.05) is 0 Å². The average molecular weight is 202 g/mol. The maximum atomic E-state index is 2.67. The van der Waals surface area contributed by atoms with Crippen LogP contribution in [0.2, 0.25) is 6.04 Å². The van der Waals surface area contributed by atoms with Crippen LogP contribution in [0.1, 0.15) is 34.6 Å². The van der Waals surface area contributed by atoms with Gasteiger partial charge in [0.2, 0.25) is 0 Å². The van der Waals surface area contributed by atoms with Crippen molar-refractivity contribution in [3.8, 4) is 0 Å². The fourth-order valence-corrected chi connectivity index (χ4v) is 5.22. The Balaban J connectivity index is 4.26. The third-order valence-corrected chi connectivity index (χ3v) is 6.71. The summed E-state index contributed by atoms with van der Waals surface area (Å²) in [7, 11) is -0.776. The molecule has 0 amide bonds. The van der Waals surface area contributed by atoms with Gasteiger partial charge in [-0.15, -0.1) is 0 Å². The third-order valence-electron chi connectivity index (χ3n) is 2.83. The van der Waals surface area contributed by atoms with E-state index in [9.17, 15) is 0 Å². The fraction of sp³-hybridized carbons (Fsp3) is 1.00. The van der Waals surface area contributed by atoms with Crippen molar-refractivity contribution >= 4 is 9.12 Å². The summed E-state index contributed by atoms with van der Waals surface area (Å²) >= 11 is 0. The first-order chi connectivity index (χ1) is 6.24. The number of hydrogen-bond donors (Lipinski definition) is 0. The summed E-state index contributed by atoms with van der Waals surface area (Å²) < 4.78 is 5.35. The van der Waals surface area contributed by atoms with Gasteiger partial charge in [-0.25, -0.2) is 0 Å². The molecule has 2 nitrogen and oxygen atoms in total. The molecule has 0 saturated carbocycles. The van der Waals surface area contributed by atoms with Crippen LogP contribution < -0.4 is 0 Å². The van der Waals surface area contributed by atoms with Gasteiger partial charge in [-0.3, -0.25) is 0 Å². The Morgan fingerprint density at radius 2 is 1.00 bits per heavy atom. The minimum atomic E-state index is -0.776. The minimum absolute atomic E-state index is 0.776. The molecule has 0 bridgehead atoms. The maximum Gasteiger partial charge on any atom is 0.189 e. The molecule has 0 aliphatic heterocycles. The molecule has 0 heterocycles. The molecule has 13 heavy (non-hydrogen) atoms. The van der Waals surface area contributed by atoms with Crippen LogP contribution in [0.15, 0.2) is 0 Å². The van der Waals surface area contributed by atoms with Crippen molar-refractivity contribution in [2.45, 2.75) is 40.7 Å². The summed E-state index contributed by atoms with van der Waals surface area (Å²) in [6.07, 6.45) is 0. The standard InChI is InChI=1S/C10H26N2Si/c1-6-11(7-2)13(10-5)12(8-3)9-4/h13H,6-10H2,1-5H3. The molecule has 0 aromatic heterocycles. The normalized spacial score (nSPS) is 12.0. The van der Waals surface area contributed by atoms with Crippen LogP contribution in [0, 0.1) is 0 Å². The van der Waals surface area contributed by atoms with Crippen molar-refractivity contribution in [2.24, 2.45) is 0 Å². The van der Waals surface area contributed by atoms with Crippen LogP contribution in [0.5, 0.6) is 0 Å². The Hall–Kier alpha value is 0.137. The topological polar surface area (TPSA) is 6.48 Å². The molecule has 80 valence electrons. The zero-order valence-electron chi connectivity index (χ0n) is 10.0. The van der Waals surface area contributed by atoms with Crippen molar-refractivity contribution in [1.82, 2.24) is 9.13 Å². The molecule has 0 atom stereocenters. The van der Waals surface area contributed by atoms with Gasteiger partial charge in [-0.05, 0) is 32.2 Å². The van der Waals surface area contributed by atoms with E-state index >= 15 is 0 Å². The molecule has 0 N–H and O–H groups in total. The van der Waals surface area contributed by atoms with Gasteiger partial charge in [0.05, 0.1) is 0 Å². The molecule has 0 fully saturated rings. The lowest BCUT2D eigenvalue weighted by Gasteiger charge is -2.35. The number of rotatable bonds is 7. The van der Waals surface area contributed by atoms with Gasteiger partial charge in [0.1, 0.15) is 0 Å². The summed E-state index contributed by atoms with van der Waals surface area (Å²) in [5.74, 6) is 0.